The maximum absolute atomic E-state index is 6.02. The predicted octanol–water partition coefficient (Wildman–Crippen LogP) is 0.870. The Morgan fingerprint density at radius 3 is 2.50 bits per heavy atom. The fourth-order valence-corrected chi connectivity index (χ4v) is 4.95. The molecule has 4 rings (SSSR count). The van der Waals surface area contributed by atoms with E-state index in [1.165, 1.54) is 32.4 Å². The van der Waals surface area contributed by atoms with E-state index in [2.05, 4.69) is 44.8 Å². The van der Waals surface area contributed by atoms with Crippen molar-refractivity contribution in [3.63, 3.8) is 0 Å². The molecule has 0 aromatic carbocycles. The van der Waals surface area contributed by atoms with Crippen LogP contribution in [0.5, 0.6) is 0 Å². The van der Waals surface area contributed by atoms with Crippen molar-refractivity contribution in [1.29, 1.82) is 0 Å². The third kappa shape index (κ3) is 3.40. The van der Waals surface area contributed by atoms with E-state index in [1.807, 2.05) is 0 Å². The Hall–Kier alpha value is -1.44. The highest BCUT2D eigenvalue weighted by atomic mass is 15.3. The number of hydrogen-bond acceptors (Lipinski definition) is 7. The number of nitrogens with two attached hydrogens (primary N) is 2. The summed E-state index contributed by atoms with van der Waals surface area (Å²) in [5.41, 5.74) is 13.3. The van der Waals surface area contributed by atoms with Crippen LogP contribution >= 0.6 is 0 Å². The predicted molar refractivity (Wildman–Crippen MR) is 105 cm³/mol. The number of likely N-dealkylation sites (N-methyl/N-ethyl adjacent to an activating group) is 2. The molecule has 1 aliphatic carbocycles. The van der Waals surface area contributed by atoms with Gasteiger partial charge in [0.15, 0.2) is 0 Å². The van der Waals surface area contributed by atoms with Crippen molar-refractivity contribution in [2.45, 2.75) is 49.6 Å². The van der Waals surface area contributed by atoms with Crippen LogP contribution in [0.3, 0.4) is 0 Å². The van der Waals surface area contributed by atoms with Gasteiger partial charge < -0.3 is 21.3 Å². The first kappa shape index (κ1) is 17.9. The second-order valence-corrected chi connectivity index (χ2v) is 8.66. The first-order valence-electron chi connectivity index (χ1n) is 10.00. The van der Waals surface area contributed by atoms with Crippen molar-refractivity contribution in [3.05, 3.63) is 11.8 Å². The summed E-state index contributed by atoms with van der Waals surface area (Å²) in [7, 11) is 4.56. The third-order valence-corrected chi connectivity index (χ3v) is 6.77. The first-order valence-corrected chi connectivity index (χ1v) is 10.00. The molecule has 26 heavy (non-hydrogen) atoms. The molecule has 1 saturated carbocycles. The van der Waals surface area contributed by atoms with Crippen LogP contribution in [0.4, 0.5) is 11.8 Å². The van der Waals surface area contributed by atoms with Crippen molar-refractivity contribution >= 4 is 11.8 Å². The minimum absolute atomic E-state index is 0.296. The van der Waals surface area contributed by atoms with Crippen molar-refractivity contribution in [1.82, 2.24) is 19.8 Å². The second-order valence-electron chi connectivity index (χ2n) is 8.66. The average Bonchev–Trinajstić information content (AvgIpc) is 2.71. The molecule has 144 valence electrons. The van der Waals surface area contributed by atoms with Crippen LogP contribution in [-0.2, 0) is 0 Å². The van der Waals surface area contributed by atoms with E-state index in [0.29, 0.717) is 23.4 Å². The smallest absolute Gasteiger partial charge is 0.222 e. The van der Waals surface area contributed by atoms with Crippen molar-refractivity contribution < 1.29 is 0 Å². The van der Waals surface area contributed by atoms with Crippen LogP contribution in [-0.4, -0.2) is 78.2 Å². The van der Waals surface area contributed by atoms with Gasteiger partial charge in [-0.25, -0.2) is 4.98 Å². The fraction of sp³-hybridized carbons (Fsp3) is 0.789. The summed E-state index contributed by atoms with van der Waals surface area (Å²) in [4.78, 5) is 16.5. The molecule has 2 saturated heterocycles. The van der Waals surface area contributed by atoms with Gasteiger partial charge in [-0.1, -0.05) is 0 Å². The molecule has 3 heterocycles. The van der Waals surface area contributed by atoms with E-state index < -0.39 is 0 Å². The molecular weight excluding hydrogens is 326 g/mol. The molecule has 3 fully saturated rings. The van der Waals surface area contributed by atoms with Gasteiger partial charge >= 0.3 is 0 Å². The molecule has 0 radical (unpaired) electrons. The van der Waals surface area contributed by atoms with Crippen LogP contribution in [0, 0.1) is 0 Å². The van der Waals surface area contributed by atoms with Gasteiger partial charge in [-0.15, -0.1) is 0 Å². The lowest BCUT2D eigenvalue weighted by Gasteiger charge is -2.48. The minimum Gasteiger partial charge on any atom is -0.368 e. The molecule has 0 bridgehead atoms. The molecule has 2 aliphatic heterocycles. The van der Waals surface area contributed by atoms with Gasteiger partial charge in [-0.2, -0.15) is 4.98 Å². The van der Waals surface area contributed by atoms with Crippen LogP contribution < -0.4 is 16.4 Å². The zero-order valence-electron chi connectivity index (χ0n) is 16.2. The van der Waals surface area contributed by atoms with E-state index in [-0.39, 0.29) is 0 Å². The van der Waals surface area contributed by atoms with E-state index in [4.69, 9.17) is 11.5 Å². The summed E-state index contributed by atoms with van der Waals surface area (Å²) in [5.74, 6) is 1.84. The molecule has 0 unspecified atom stereocenters. The maximum Gasteiger partial charge on any atom is 0.222 e. The summed E-state index contributed by atoms with van der Waals surface area (Å²) < 4.78 is 0. The SMILES string of the molecule is CN1CCCN(C)C2(CCN(c3cc(C4CC(N)C4)nc(N)n3)CC2)C1. The average molecular weight is 360 g/mol. The van der Waals surface area contributed by atoms with Crippen molar-refractivity contribution in [2.24, 2.45) is 5.73 Å². The van der Waals surface area contributed by atoms with Crippen molar-refractivity contribution in [3.8, 4) is 0 Å². The Morgan fingerprint density at radius 1 is 1.08 bits per heavy atom. The van der Waals surface area contributed by atoms with Gasteiger partial charge in [0.1, 0.15) is 5.82 Å². The molecule has 7 heteroatoms. The normalized spacial score (nSPS) is 30.2. The van der Waals surface area contributed by atoms with Crippen LogP contribution in [0.1, 0.15) is 43.7 Å². The zero-order chi connectivity index (χ0) is 18.3. The molecule has 3 aliphatic rings. The Kier molecular flexibility index (Phi) is 4.79. The van der Waals surface area contributed by atoms with E-state index in [1.54, 1.807) is 0 Å². The van der Waals surface area contributed by atoms with Gasteiger partial charge in [0.25, 0.3) is 0 Å². The number of anilines is 2. The molecule has 1 aromatic rings. The lowest BCUT2D eigenvalue weighted by atomic mass is 9.78. The molecule has 1 aromatic heterocycles. The minimum atomic E-state index is 0.296. The third-order valence-electron chi connectivity index (χ3n) is 6.77. The van der Waals surface area contributed by atoms with Gasteiger partial charge in [0, 0.05) is 43.2 Å². The summed E-state index contributed by atoms with van der Waals surface area (Å²) in [5, 5.41) is 0. The molecule has 0 amide bonds. The zero-order valence-corrected chi connectivity index (χ0v) is 16.2. The fourth-order valence-electron chi connectivity index (χ4n) is 4.95. The molecule has 0 atom stereocenters. The number of rotatable bonds is 2. The van der Waals surface area contributed by atoms with Gasteiger partial charge in [-0.3, -0.25) is 4.90 Å². The number of piperidine rings is 1. The monoisotopic (exact) mass is 359 g/mol. The highest BCUT2D eigenvalue weighted by Gasteiger charge is 2.40. The topological polar surface area (TPSA) is 87.5 Å². The van der Waals surface area contributed by atoms with Crippen LogP contribution in [0.15, 0.2) is 6.07 Å². The van der Waals surface area contributed by atoms with Gasteiger partial charge in [0.05, 0.1) is 5.69 Å². The second kappa shape index (κ2) is 6.94. The van der Waals surface area contributed by atoms with Crippen molar-refractivity contribution in [2.75, 3.05) is 57.5 Å². The molecule has 4 N–H and O–H groups in total. The lowest BCUT2D eigenvalue weighted by Crippen LogP contribution is -2.58. The molecule has 7 nitrogen and oxygen atoms in total. The number of hydrogen-bond donors (Lipinski definition) is 2. The Morgan fingerprint density at radius 2 is 1.81 bits per heavy atom. The van der Waals surface area contributed by atoms with Gasteiger partial charge in [0.2, 0.25) is 5.95 Å². The highest BCUT2D eigenvalue weighted by molar-refractivity contribution is 5.45. The first-order chi connectivity index (χ1) is 12.4. The summed E-state index contributed by atoms with van der Waals surface area (Å²) in [6.07, 6.45) is 5.61. The molecular formula is C19H33N7. The Bertz CT molecular complexity index is 635. The van der Waals surface area contributed by atoms with Crippen LogP contribution in [0.25, 0.3) is 0 Å². The Labute approximate surface area is 156 Å². The summed E-state index contributed by atoms with van der Waals surface area (Å²) in [6.45, 7) is 5.60. The largest absolute Gasteiger partial charge is 0.368 e. The van der Waals surface area contributed by atoms with Crippen LogP contribution in [0.2, 0.25) is 0 Å². The van der Waals surface area contributed by atoms with Gasteiger partial charge in [-0.05, 0) is 59.3 Å². The quantitative estimate of drug-likeness (QED) is 0.810. The van der Waals surface area contributed by atoms with E-state index >= 15 is 0 Å². The number of nitrogens with zero attached hydrogens (tertiary/aromatic N) is 5. The summed E-state index contributed by atoms with van der Waals surface area (Å²) >= 11 is 0. The molecule has 1 spiro atoms. The Balaban J connectivity index is 1.47. The highest BCUT2D eigenvalue weighted by Crippen LogP contribution is 2.37. The van der Waals surface area contributed by atoms with E-state index in [0.717, 1.165) is 44.0 Å². The lowest BCUT2D eigenvalue weighted by molar-refractivity contribution is 0.0785. The number of nitrogen functional groups attached to an aromatic ring is 1. The summed E-state index contributed by atoms with van der Waals surface area (Å²) in [6, 6.07) is 2.46. The maximum atomic E-state index is 6.02. The van der Waals surface area contributed by atoms with E-state index in [9.17, 15) is 0 Å². The number of aromatic nitrogens is 2. The standard InChI is InChI=1S/C19H33N7/c1-24-6-3-7-25(2)19(13-24)4-8-26(9-5-19)17-12-16(22-18(21)23-17)14-10-15(20)11-14/h12,14-15H,3-11,13,20H2,1-2H3,(H2,21,22,23).